The minimum Gasteiger partial charge on any atom is -0.457 e. The lowest BCUT2D eigenvalue weighted by atomic mass is 10.1. The first kappa shape index (κ1) is 23.3. The van der Waals surface area contributed by atoms with Crippen LogP contribution in [0.1, 0.15) is 17.0 Å². The monoisotopic (exact) mass is 493 g/mol. The second-order valence-electron chi connectivity index (χ2n) is 8.36. The Kier molecular flexibility index (Phi) is 6.23. The molecule has 178 valence electrons. The third-order valence-corrected chi connectivity index (χ3v) is 6.24. The molecule has 4 aromatic rings. The van der Waals surface area contributed by atoms with Crippen LogP contribution in [0.3, 0.4) is 0 Å². The molecule has 0 bridgehead atoms. The van der Waals surface area contributed by atoms with Crippen molar-refractivity contribution in [2.45, 2.75) is 13.8 Å². The van der Waals surface area contributed by atoms with Gasteiger partial charge in [0.15, 0.2) is 5.11 Å². The van der Waals surface area contributed by atoms with E-state index in [2.05, 4.69) is 9.88 Å². The van der Waals surface area contributed by atoms with E-state index in [1.807, 2.05) is 80.6 Å². The molecule has 1 N–H and O–H groups in total. The highest BCUT2D eigenvalue weighted by Crippen LogP contribution is 2.28. The Hall–Kier alpha value is -4.49. The van der Waals surface area contributed by atoms with E-state index < -0.39 is 11.8 Å². The summed E-state index contributed by atoms with van der Waals surface area (Å²) in [5.74, 6) is 0.327. The number of nitrogens with zero attached hydrogens (tertiary/aromatic N) is 2. The second kappa shape index (κ2) is 9.64. The van der Waals surface area contributed by atoms with E-state index in [0.717, 1.165) is 22.6 Å². The van der Waals surface area contributed by atoms with Crippen LogP contribution in [-0.4, -0.2) is 21.5 Å². The predicted octanol–water partition coefficient (Wildman–Crippen LogP) is 5.72. The highest BCUT2D eigenvalue weighted by atomic mass is 32.1. The fourth-order valence-electron chi connectivity index (χ4n) is 4.24. The number of rotatable bonds is 5. The molecule has 0 radical (unpaired) electrons. The molecule has 0 unspecified atom stereocenters. The first-order valence-electron chi connectivity index (χ1n) is 11.4. The third kappa shape index (κ3) is 4.44. The first-order valence-corrected chi connectivity index (χ1v) is 11.8. The Balaban J connectivity index is 1.44. The standard InChI is InChI=1S/C29H23N3O3S/c1-19-17-21(20(2)31(19)22-9-5-3-6-10-22)18-26-27(33)30-29(36)32(28(26)34)23-13-15-25(16-14-23)35-24-11-7-4-8-12-24/h3-18H,1-2H3,(H,30,33,36). The Labute approximate surface area is 214 Å². The number of aromatic nitrogens is 1. The normalized spacial score (nSPS) is 14.8. The maximum Gasteiger partial charge on any atom is 0.270 e. The van der Waals surface area contributed by atoms with Gasteiger partial charge in [-0.1, -0.05) is 36.4 Å². The average Bonchev–Trinajstić information content (AvgIpc) is 3.16. The lowest BCUT2D eigenvalue weighted by molar-refractivity contribution is -0.122. The maximum absolute atomic E-state index is 13.5. The van der Waals surface area contributed by atoms with E-state index in [0.29, 0.717) is 17.2 Å². The summed E-state index contributed by atoms with van der Waals surface area (Å²) in [5.41, 5.74) is 4.27. The molecule has 1 fully saturated rings. The first-order chi connectivity index (χ1) is 17.4. The van der Waals surface area contributed by atoms with Crippen LogP contribution in [0, 0.1) is 13.8 Å². The summed E-state index contributed by atoms with van der Waals surface area (Å²) in [4.78, 5) is 27.6. The Morgan fingerprint density at radius 3 is 2.08 bits per heavy atom. The van der Waals surface area contributed by atoms with Crippen LogP contribution < -0.4 is 15.0 Å². The SMILES string of the molecule is Cc1cc(C=C2C(=O)NC(=S)N(c3ccc(Oc4ccccc4)cc3)C2=O)c(C)n1-c1ccccc1. The zero-order chi connectivity index (χ0) is 25.2. The number of carbonyl (C=O) groups is 2. The molecule has 6 nitrogen and oxygen atoms in total. The van der Waals surface area contributed by atoms with Gasteiger partial charge < -0.3 is 9.30 Å². The number of anilines is 1. The van der Waals surface area contributed by atoms with Crippen LogP contribution in [0.15, 0.2) is 96.6 Å². The summed E-state index contributed by atoms with van der Waals surface area (Å²) in [6, 6.07) is 28.3. The van der Waals surface area contributed by atoms with Crippen molar-refractivity contribution < 1.29 is 14.3 Å². The Morgan fingerprint density at radius 1 is 0.806 bits per heavy atom. The minimum absolute atomic E-state index is 0.0153. The van der Waals surface area contributed by atoms with Gasteiger partial charge in [0.2, 0.25) is 0 Å². The van der Waals surface area contributed by atoms with Gasteiger partial charge in [0, 0.05) is 17.1 Å². The van der Waals surface area contributed by atoms with Crippen LogP contribution in [0.5, 0.6) is 11.5 Å². The number of hydrogen-bond donors (Lipinski definition) is 1. The van der Waals surface area contributed by atoms with Gasteiger partial charge >= 0.3 is 0 Å². The molecule has 3 aromatic carbocycles. The fraction of sp³-hybridized carbons (Fsp3) is 0.0690. The molecule has 2 heterocycles. The lowest BCUT2D eigenvalue weighted by Crippen LogP contribution is -2.54. The number of thiocarbonyl (C=S) groups is 1. The summed E-state index contributed by atoms with van der Waals surface area (Å²) in [7, 11) is 0. The van der Waals surface area contributed by atoms with Gasteiger partial charge in [-0.15, -0.1) is 0 Å². The number of benzene rings is 3. The van der Waals surface area contributed by atoms with Gasteiger partial charge in [-0.05, 0) is 92.3 Å². The molecule has 1 aliphatic heterocycles. The van der Waals surface area contributed by atoms with E-state index in [1.165, 1.54) is 4.90 Å². The quantitative estimate of drug-likeness (QED) is 0.220. The molecule has 0 atom stereocenters. The van der Waals surface area contributed by atoms with Crippen LogP contribution in [-0.2, 0) is 9.59 Å². The molecule has 0 saturated carbocycles. The summed E-state index contributed by atoms with van der Waals surface area (Å²) in [6.07, 6.45) is 1.63. The molecule has 5 rings (SSSR count). The summed E-state index contributed by atoms with van der Waals surface area (Å²) >= 11 is 5.34. The van der Waals surface area contributed by atoms with Crippen molar-refractivity contribution in [1.82, 2.24) is 9.88 Å². The minimum atomic E-state index is -0.519. The van der Waals surface area contributed by atoms with Gasteiger partial charge in [0.1, 0.15) is 17.1 Å². The number of ether oxygens (including phenoxy) is 1. The molecule has 36 heavy (non-hydrogen) atoms. The zero-order valence-electron chi connectivity index (χ0n) is 19.8. The summed E-state index contributed by atoms with van der Waals surface area (Å²) in [5, 5.41) is 2.68. The van der Waals surface area contributed by atoms with Crippen molar-refractivity contribution in [1.29, 1.82) is 0 Å². The average molecular weight is 494 g/mol. The topological polar surface area (TPSA) is 63.6 Å². The number of hydrogen-bond acceptors (Lipinski definition) is 4. The molecular weight excluding hydrogens is 470 g/mol. The number of para-hydroxylation sites is 2. The Bertz CT molecular complexity index is 1490. The van der Waals surface area contributed by atoms with Gasteiger partial charge in [0.05, 0.1) is 5.69 Å². The van der Waals surface area contributed by atoms with E-state index >= 15 is 0 Å². The molecule has 0 aliphatic carbocycles. The number of carbonyl (C=O) groups excluding carboxylic acids is 2. The van der Waals surface area contributed by atoms with Crippen molar-refractivity contribution in [2.75, 3.05) is 4.90 Å². The molecule has 0 spiro atoms. The molecule has 1 aromatic heterocycles. The zero-order valence-corrected chi connectivity index (χ0v) is 20.6. The lowest BCUT2D eigenvalue weighted by Gasteiger charge is -2.29. The van der Waals surface area contributed by atoms with Gasteiger partial charge in [-0.25, -0.2) is 0 Å². The Morgan fingerprint density at radius 2 is 1.42 bits per heavy atom. The van der Waals surface area contributed by atoms with E-state index in [1.54, 1.807) is 30.3 Å². The number of nitrogens with one attached hydrogen (secondary N) is 1. The van der Waals surface area contributed by atoms with E-state index in [-0.39, 0.29) is 10.7 Å². The highest BCUT2D eigenvalue weighted by molar-refractivity contribution is 7.80. The highest BCUT2D eigenvalue weighted by Gasteiger charge is 2.34. The van der Waals surface area contributed by atoms with Crippen molar-refractivity contribution in [3.8, 4) is 17.2 Å². The van der Waals surface area contributed by atoms with E-state index in [4.69, 9.17) is 17.0 Å². The van der Waals surface area contributed by atoms with Gasteiger partial charge in [-0.2, -0.15) is 0 Å². The van der Waals surface area contributed by atoms with Gasteiger partial charge in [-0.3, -0.25) is 19.8 Å². The number of amides is 2. The predicted molar refractivity (Wildman–Crippen MR) is 144 cm³/mol. The van der Waals surface area contributed by atoms with Crippen molar-refractivity contribution in [2.24, 2.45) is 0 Å². The summed E-state index contributed by atoms with van der Waals surface area (Å²) < 4.78 is 7.92. The fourth-order valence-corrected chi connectivity index (χ4v) is 4.52. The van der Waals surface area contributed by atoms with Crippen LogP contribution in [0.25, 0.3) is 11.8 Å². The van der Waals surface area contributed by atoms with E-state index in [9.17, 15) is 9.59 Å². The third-order valence-electron chi connectivity index (χ3n) is 5.96. The molecule has 1 saturated heterocycles. The largest absolute Gasteiger partial charge is 0.457 e. The van der Waals surface area contributed by atoms with Crippen LogP contribution in [0.4, 0.5) is 5.69 Å². The molecule has 1 aliphatic rings. The van der Waals surface area contributed by atoms with Crippen LogP contribution in [0.2, 0.25) is 0 Å². The molecule has 2 amide bonds. The van der Waals surface area contributed by atoms with Crippen molar-refractivity contribution in [3.05, 3.63) is 114 Å². The number of aryl methyl sites for hydroxylation is 1. The smallest absolute Gasteiger partial charge is 0.270 e. The van der Waals surface area contributed by atoms with Crippen molar-refractivity contribution in [3.63, 3.8) is 0 Å². The van der Waals surface area contributed by atoms with Gasteiger partial charge in [0.25, 0.3) is 11.8 Å². The van der Waals surface area contributed by atoms with Crippen molar-refractivity contribution >= 4 is 40.9 Å². The molecule has 7 heteroatoms. The maximum atomic E-state index is 13.5. The summed E-state index contributed by atoms with van der Waals surface area (Å²) in [6.45, 7) is 3.96. The molecular formula is C29H23N3O3S. The van der Waals surface area contributed by atoms with Crippen LogP contribution >= 0.6 is 12.2 Å². The second-order valence-corrected chi connectivity index (χ2v) is 8.75.